The number of aryl methyl sites for hydroxylation is 1. The summed E-state index contributed by atoms with van der Waals surface area (Å²) < 4.78 is 28.4. The molecule has 10 rings (SSSR count). The third-order valence-corrected chi connectivity index (χ3v) is 10.3. The summed E-state index contributed by atoms with van der Waals surface area (Å²) in [5, 5.41) is 10.6. The van der Waals surface area contributed by atoms with E-state index >= 15 is 0 Å². The summed E-state index contributed by atoms with van der Waals surface area (Å²) in [7, 11) is 0. The molecule has 0 saturated heterocycles. The quantitative estimate of drug-likeness (QED) is 0.199. The second kappa shape index (κ2) is 9.21. The van der Waals surface area contributed by atoms with Crippen molar-refractivity contribution in [2.24, 2.45) is 0 Å². The van der Waals surface area contributed by atoms with Gasteiger partial charge in [-0.3, -0.25) is 4.57 Å². The van der Waals surface area contributed by atoms with Crippen LogP contribution in [0.2, 0.25) is 0 Å². The molecule has 7 aromatic carbocycles. The Bertz CT molecular complexity index is 2940. The van der Waals surface area contributed by atoms with Crippen molar-refractivity contribution < 1.29 is 4.11 Å². The first-order chi connectivity index (χ1) is 23.5. The number of thiophene rings is 1. The fourth-order valence-corrected chi connectivity index (χ4v) is 8.41. The molecule has 0 amide bonds. The first-order valence-electron chi connectivity index (χ1n) is 16.5. The average molecular weight is 595 g/mol. The van der Waals surface area contributed by atoms with Gasteiger partial charge in [-0.15, -0.1) is 11.3 Å². The van der Waals surface area contributed by atoms with E-state index in [1.807, 2.05) is 47.7 Å². The van der Waals surface area contributed by atoms with Crippen LogP contribution < -0.4 is 0 Å². The fraction of sp³-hybridized carbons (Fsp3) is 0.0244. The van der Waals surface area contributed by atoms with Crippen molar-refractivity contribution in [1.82, 2.24) is 14.5 Å². The van der Waals surface area contributed by atoms with Gasteiger partial charge in [-0.1, -0.05) is 121 Å². The Labute approximate surface area is 266 Å². The average Bonchev–Trinajstić information content (AvgIpc) is 3.68. The minimum atomic E-state index is -2.18. The minimum absolute atomic E-state index is 0.304. The summed E-state index contributed by atoms with van der Waals surface area (Å²) in [6, 6.07) is 45.5. The predicted molar refractivity (Wildman–Crippen MR) is 192 cm³/mol. The van der Waals surface area contributed by atoms with Crippen molar-refractivity contribution in [2.45, 2.75) is 6.85 Å². The molecule has 0 aliphatic heterocycles. The molecule has 0 radical (unpaired) electrons. The Kier molecular flexibility index (Phi) is 4.51. The van der Waals surface area contributed by atoms with Crippen molar-refractivity contribution in [2.75, 3.05) is 0 Å². The van der Waals surface area contributed by atoms with Gasteiger partial charge in [0, 0.05) is 41.3 Å². The number of rotatable bonds is 2. The second-order valence-corrected chi connectivity index (χ2v) is 12.6. The van der Waals surface area contributed by atoms with E-state index < -0.39 is 6.85 Å². The normalized spacial score (nSPS) is 13.4. The highest BCUT2D eigenvalue weighted by Gasteiger charge is 2.24. The molecular formula is C41H25N3S. The van der Waals surface area contributed by atoms with Crippen LogP contribution in [0, 0.1) is 6.85 Å². The molecule has 0 unspecified atom stereocenters. The van der Waals surface area contributed by atoms with E-state index in [2.05, 4.69) is 89.5 Å². The Hall–Kier alpha value is -5.58. The zero-order chi connectivity index (χ0) is 32.1. The van der Waals surface area contributed by atoms with Gasteiger partial charge < -0.3 is 0 Å². The van der Waals surface area contributed by atoms with E-state index in [-0.39, 0.29) is 0 Å². The van der Waals surface area contributed by atoms with Crippen LogP contribution >= 0.6 is 11.3 Å². The Balaban J connectivity index is 1.42. The number of para-hydroxylation sites is 1. The van der Waals surface area contributed by atoms with Crippen LogP contribution in [-0.4, -0.2) is 14.5 Å². The lowest BCUT2D eigenvalue weighted by Crippen LogP contribution is -2.03. The molecular weight excluding hydrogens is 567 g/mol. The third-order valence-electron chi connectivity index (χ3n) is 9.08. The molecule has 3 heterocycles. The molecule has 0 fully saturated rings. The third kappa shape index (κ3) is 3.46. The molecule has 210 valence electrons. The molecule has 0 N–H and O–H groups in total. The van der Waals surface area contributed by atoms with Crippen LogP contribution in [0.25, 0.3) is 91.6 Å². The fourth-order valence-electron chi connectivity index (χ4n) is 7.16. The van der Waals surface area contributed by atoms with Gasteiger partial charge >= 0.3 is 0 Å². The number of nitrogens with zero attached hydrogens (tertiary/aromatic N) is 3. The van der Waals surface area contributed by atoms with Crippen LogP contribution in [0.1, 0.15) is 9.68 Å². The van der Waals surface area contributed by atoms with Gasteiger partial charge in [0.05, 0.1) is 26.9 Å². The number of hydrogen-bond acceptors (Lipinski definition) is 3. The zero-order valence-electron chi connectivity index (χ0n) is 27.0. The molecule has 0 aliphatic carbocycles. The monoisotopic (exact) mass is 594 g/mol. The van der Waals surface area contributed by atoms with Crippen molar-refractivity contribution in [3.8, 4) is 17.2 Å². The lowest BCUT2D eigenvalue weighted by Gasteiger charge is -2.13. The minimum Gasteiger partial charge on any atom is -0.276 e. The van der Waals surface area contributed by atoms with Gasteiger partial charge in [0.1, 0.15) is 0 Å². The highest BCUT2D eigenvalue weighted by molar-refractivity contribution is 7.27. The van der Waals surface area contributed by atoms with Crippen molar-refractivity contribution in [3.05, 3.63) is 139 Å². The first kappa shape index (κ1) is 22.0. The number of hydrogen-bond donors (Lipinski definition) is 0. The molecule has 4 heteroatoms. The SMILES string of the molecule is [2H]C([2H])([2H])c1ccc(-c2nc(-n3c4ccc5ccccc5c4c4c5ccccc5c5c6ccccc6sc5c43)nc3ccccc23)cc1. The lowest BCUT2D eigenvalue weighted by molar-refractivity contribution is 1.02. The van der Waals surface area contributed by atoms with Crippen LogP contribution in [0.15, 0.2) is 133 Å². The summed E-state index contributed by atoms with van der Waals surface area (Å²) in [5.41, 5.74) is 4.86. The van der Waals surface area contributed by atoms with Gasteiger partial charge in [0.15, 0.2) is 0 Å². The Morgan fingerprint density at radius 1 is 0.578 bits per heavy atom. The molecule has 0 spiro atoms. The maximum Gasteiger partial charge on any atom is 0.235 e. The molecule has 10 aromatic rings. The van der Waals surface area contributed by atoms with E-state index in [4.69, 9.17) is 14.1 Å². The van der Waals surface area contributed by atoms with E-state index in [1.165, 1.54) is 52.5 Å². The maximum absolute atomic E-state index is 7.89. The summed E-state index contributed by atoms with van der Waals surface area (Å²) >= 11 is 1.81. The standard InChI is InChI=1S/C41H25N3S/c1-24-18-20-26(21-19-24)38-30-14-6-8-16-32(30)42-41(43-38)44-33-23-22-25-10-2-3-11-27(25)36(33)37-29-13-5-4-12-28(29)35-31-15-7-9-17-34(31)45-40(35)39(37)44/h2-23H,1H3/i1D3. The molecule has 0 aliphatic rings. The number of aromatic nitrogens is 3. The highest BCUT2D eigenvalue weighted by Crippen LogP contribution is 2.49. The van der Waals surface area contributed by atoms with Crippen molar-refractivity contribution >= 4 is 85.8 Å². The maximum atomic E-state index is 7.89. The lowest BCUT2D eigenvalue weighted by atomic mass is 9.97. The van der Waals surface area contributed by atoms with Crippen molar-refractivity contribution in [1.29, 1.82) is 0 Å². The molecule has 3 aromatic heterocycles. The molecule has 0 atom stereocenters. The number of fused-ring (bicyclic) bond motifs is 13. The Morgan fingerprint density at radius 2 is 1.27 bits per heavy atom. The van der Waals surface area contributed by atoms with E-state index in [1.54, 1.807) is 12.1 Å². The van der Waals surface area contributed by atoms with E-state index in [0.29, 0.717) is 11.5 Å². The zero-order valence-corrected chi connectivity index (χ0v) is 24.8. The molecule has 0 saturated carbocycles. The summed E-state index contributed by atoms with van der Waals surface area (Å²) in [5.74, 6) is 0.577. The van der Waals surface area contributed by atoms with E-state index in [9.17, 15) is 0 Å². The van der Waals surface area contributed by atoms with E-state index in [0.717, 1.165) is 33.2 Å². The van der Waals surface area contributed by atoms with Gasteiger partial charge in [0.2, 0.25) is 5.95 Å². The van der Waals surface area contributed by atoms with Gasteiger partial charge in [0.25, 0.3) is 0 Å². The summed E-state index contributed by atoms with van der Waals surface area (Å²) in [6.07, 6.45) is 0. The van der Waals surface area contributed by atoms with Crippen LogP contribution in [0.5, 0.6) is 0 Å². The highest BCUT2D eigenvalue weighted by atomic mass is 32.1. The van der Waals surface area contributed by atoms with Crippen LogP contribution in [0.3, 0.4) is 0 Å². The summed E-state index contributed by atoms with van der Waals surface area (Å²) in [6.45, 7) is -2.18. The van der Waals surface area contributed by atoms with Crippen LogP contribution in [-0.2, 0) is 0 Å². The van der Waals surface area contributed by atoms with Gasteiger partial charge in [-0.2, -0.15) is 0 Å². The molecule has 45 heavy (non-hydrogen) atoms. The van der Waals surface area contributed by atoms with Crippen LogP contribution in [0.4, 0.5) is 0 Å². The molecule has 3 nitrogen and oxygen atoms in total. The van der Waals surface area contributed by atoms with Gasteiger partial charge in [-0.25, -0.2) is 9.97 Å². The molecule has 0 bridgehead atoms. The first-order valence-corrected chi connectivity index (χ1v) is 15.8. The van der Waals surface area contributed by atoms with Crippen molar-refractivity contribution in [3.63, 3.8) is 0 Å². The predicted octanol–water partition coefficient (Wildman–Crippen LogP) is 11.4. The van der Waals surface area contributed by atoms with Gasteiger partial charge in [-0.05, 0) is 46.6 Å². The second-order valence-electron chi connectivity index (χ2n) is 11.6. The topological polar surface area (TPSA) is 30.7 Å². The number of benzene rings is 7. The Morgan fingerprint density at radius 3 is 2.09 bits per heavy atom. The smallest absolute Gasteiger partial charge is 0.235 e. The largest absolute Gasteiger partial charge is 0.276 e. The summed E-state index contributed by atoms with van der Waals surface area (Å²) in [4.78, 5) is 10.6.